The first-order chi connectivity index (χ1) is 19.9. The first-order valence-electron chi connectivity index (χ1n) is 14.9. The van der Waals surface area contributed by atoms with Crippen LogP contribution in [0.25, 0.3) is 0 Å². The van der Waals surface area contributed by atoms with Crippen molar-refractivity contribution in [2.45, 2.75) is 70.5 Å². The standard InChI is InChI=1S/C34H42O6S/c1-2-3-6-15-28(39-33(37)25-11-7-4-8-12-25)16-17-29-30-21-24(18-19-41-23-32(35)36)20-27(30)22-31(29)40-34(38)26-13-9-5-10-14-26/h4-5,7-14,16-17,24,27-31H,2-3,6,15,18-23H2,1H3,(H,35,36)/t24?,27-,28?,29+,30+,31+/m0/s1. The number of fused-ring (bicyclic) bond motifs is 1. The highest BCUT2D eigenvalue weighted by molar-refractivity contribution is 7.99. The van der Waals surface area contributed by atoms with Crippen molar-refractivity contribution in [1.29, 1.82) is 0 Å². The highest BCUT2D eigenvalue weighted by Crippen LogP contribution is 2.52. The minimum Gasteiger partial charge on any atom is -0.481 e. The Morgan fingerprint density at radius 2 is 1.63 bits per heavy atom. The minimum atomic E-state index is -0.770. The van der Waals surface area contributed by atoms with Crippen molar-refractivity contribution in [2.75, 3.05) is 11.5 Å². The van der Waals surface area contributed by atoms with E-state index in [1.165, 1.54) is 11.8 Å². The number of carboxylic acids is 1. The minimum absolute atomic E-state index is 0.0495. The molecular formula is C34H42O6S. The fourth-order valence-corrected chi connectivity index (χ4v) is 7.21. The Bertz CT molecular complexity index is 1150. The van der Waals surface area contributed by atoms with Crippen molar-refractivity contribution in [2.24, 2.45) is 23.7 Å². The highest BCUT2D eigenvalue weighted by Gasteiger charge is 2.48. The van der Waals surface area contributed by atoms with Gasteiger partial charge in [-0.25, -0.2) is 9.59 Å². The lowest BCUT2D eigenvalue weighted by Gasteiger charge is -2.23. The van der Waals surface area contributed by atoms with Gasteiger partial charge in [0.25, 0.3) is 0 Å². The molecule has 2 saturated carbocycles. The van der Waals surface area contributed by atoms with E-state index in [0.29, 0.717) is 28.9 Å². The zero-order chi connectivity index (χ0) is 29.0. The van der Waals surface area contributed by atoms with Crippen LogP contribution in [0.15, 0.2) is 72.8 Å². The molecule has 41 heavy (non-hydrogen) atoms. The number of hydrogen-bond donors (Lipinski definition) is 1. The third kappa shape index (κ3) is 9.22. The van der Waals surface area contributed by atoms with Crippen LogP contribution in [0.5, 0.6) is 0 Å². The molecule has 2 unspecified atom stereocenters. The third-order valence-electron chi connectivity index (χ3n) is 8.38. The van der Waals surface area contributed by atoms with Crippen LogP contribution in [0.1, 0.15) is 79.0 Å². The van der Waals surface area contributed by atoms with E-state index < -0.39 is 5.97 Å². The average Bonchev–Trinajstić information content (AvgIpc) is 3.51. The number of hydrogen-bond acceptors (Lipinski definition) is 6. The topological polar surface area (TPSA) is 89.9 Å². The lowest BCUT2D eigenvalue weighted by atomic mass is 9.89. The molecule has 2 aliphatic carbocycles. The number of esters is 2. The highest BCUT2D eigenvalue weighted by atomic mass is 32.2. The van der Waals surface area contributed by atoms with Gasteiger partial charge in [-0.1, -0.05) is 62.2 Å². The van der Waals surface area contributed by atoms with E-state index in [2.05, 4.69) is 13.0 Å². The Kier molecular flexibility index (Phi) is 11.9. The molecule has 0 heterocycles. The summed E-state index contributed by atoms with van der Waals surface area (Å²) in [5, 5.41) is 8.95. The number of ether oxygens (including phenoxy) is 2. The summed E-state index contributed by atoms with van der Waals surface area (Å²) in [5.74, 6) is 1.03. The Morgan fingerprint density at radius 3 is 2.29 bits per heavy atom. The Hall–Kier alpha value is -3.06. The summed E-state index contributed by atoms with van der Waals surface area (Å²) < 4.78 is 12.1. The fourth-order valence-electron chi connectivity index (χ4n) is 6.39. The Morgan fingerprint density at radius 1 is 0.951 bits per heavy atom. The van der Waals surface area contributed by atoms with Crippen LogP contribution >= 0.6 is 11.8 Å². The largest absolute Gasteiger partial charge is 0.481 e. The van der Waals surface area contributed by atoms with Crippen LogP contribution in [0.2, 0.25) is 0 Å². The molecule has 4 rings (SSSR count). The van der Waals surface area contributed by atoms with Crippen molar-refractivity contribution >= 4 is 29.7 Å². The van der Waals surface area contributed by atoms with E-state index >= 15 is 0 Å². The monoisotopic (exact) mass is 578 g/mol. The van der Waals surface area contributed by atoms with Crippen molar-refractivity contribution in [3.8, 4) is 0 Å². The van der Waals surface area contributed by atoms with Crippen LogP contribution < -0.4 is 0 Å². The number of thioether (sulfide) groups is 1. The third-order valence-corrected chi connectivity index (χ3v) is 9.35. The van der Waals surface area contributed by atoms with Gasteiger partial charge in [-0.2, -0.15) is 11.8 Å². The molecule has 0 bridgehead atoms. The molecular weight excluding hydrogens is 536 g/mol. The van der Waals surface area contributed by atoms with Crippen LogP contribution in [-0.2, 0) is 14.3 Å². The number of carboxylic acid groups (broad SMARTS) is 1. The fraction of sp³-hybridized carbons (Fsp3) is 0.500. The second-order valence-corrected chi connectivity index (χ2v) is 12.4. The SMILES string of the molecule is CCCCCC(C=C[C@@H]1[C@@H]2CC(CCSCC(=O)O)C[C@H]2C[C@H]1OC(=O)c1ccccc1)OC(=O)c1ccccc1. The van der Waals surface area contributed by atoms with Gasteiger partial charge in [0.2, 0.25) is 0 Å². The van der Waals surface area contributed by atoms with E-state index in [-0.39, 0.29) is 35.8 Å². The lowest BCUT2D eigenvalue weighted by molar-refractivity contribution is -0.133. The number of carbonyl (C=O) groups is 3. The van der Waals surface area contributed by atoms with E-state index in [1.54, 1.807) is 24.3 Å². The molecule has 2 fully saturated rings. The van der Waals surface area contributed by atoms with Crippen molar-refractivity contribution < 1.29 is 29.0 Å². The van der Waals surface area contributed by atoms with Crippen LogP contribution in [0, 0.1) is 23.7 Å². The van der Waals surface area contributed by atoms with Gasteiger partial charge in [0.05, 0.1) is 16.9 Å². The summed E-state index contributed by atoms with van der Waals surface area (Å²) in [4.78, 5) is 36.8. The molecule has 7 heteroatoms. The van der Waals surface area contributed by atoms with Gasteiger partial charge < -0.3 is 14.6 Å². The van der Waals surface area contributed by atoms with Crippen molar-refractivity contribution in [3.05, 3.63) is 83.9 Å². The summed E-state index contributed by atoms with van der Waals surface area (Å²) in [5.41, 5.74) is 1.09. The van der Waals surface area contributed by atoms with E-state index in [4.69, 9.17) is 14.6 Å². The van der Waals surface area contributed by atoms with Gasteiger partial charge in [-0.15, -0.1) is 0 Å². The molecule has 2 aromatic rings. The number of benzene rings is 2. The second-order valence-electron chi connectivity index (χ2n) is 11.3. The molecule has 2 aromatic carbocycles. The van der Waals surface area contributed by atoms with Crippen LogP contribution in [-0.4, -0.2) is 46.7 Å². The molecule has 1 N–H and O–H groups in total. The summed E-state index contributed by atoms with van der Waals surface area (Å²) in [6.45, 7) is 2.15. The molecule has 0 aromatic heterocycles. The van der Waals surface area contributed by atoms with Gasteiger partial charge in [-0.05, 0) is 92.4 Å². The number of rotatable bonds is 15. The molecule has 220 valence electrons. The number of unbranched alkanes of at least 4 members (excludes halogenated alkanes) is 2. The Labute approximate surface area is 247 Å². The molecule has 6 nitrogen and oxygen atoms in total. The van der Waals surface area contributed by atoms with Crippen molar-refractivity contribution in [1.82, 2.24) is 0 Å². The molecule has 0 amide bonds. The maximum absolute atomic E-state index is 13.0. The first-order valence-corrected chi connectivity index (χ1v) is 16.1. The number of aliphatic carboxylic acids is 1. The molecule has 0 saturated heterocycles. The summed E-state index contributed by atoms with van der Waals surface area (Å²) in [6.07, 6.45) is 11.4. The quantitative estimate of drug-likeness (QED) is 0.133. The molecule has 6 atom stereocenters. The Balaban J connectivity index is 1.47. The van der Waals surface area contributed by atoms with Gasteiger partial charge in [-0.3, -0.25) is 4.79 Å². The summed E-state index contributed by atoms with van der Waals surface area (Å²) in [7, 11) is 0. The van der Waals surface area contributed by atoms with Gasteiger partial charge in [0, 0.05) is 5.92 Å². The van der Waals surface area contributed by atoms with Gasteiger partial charge in [0.15, 0.2) is 0 Å². The average molecular weight is 579 g/mol. The van der Waals surface area contributed by atoms with Gasteiger partial charge in [0.1, 0.15) is 12.2 Å². The van der Waals surface area contributed by atoms with E-state index in [1.807, 2.05) is 42.5 Å². The zero-order valence-electron chi connectivity index (χ0n) is 23.9. The molecule has 0 radical (unpaired) electrons. The maximum Gasteiger partial charge on any atom is 0.338 e. The smallest absolute Gasteiger partial charge is 0.338 e. The molecule has 2 aliphatic rings. The van der Waals surface area contributed by atoms with Crippen LogP contribution in [0.4, 0.5) is 0 Å². The summed E-state index contributed by atoms with van der Waals surface area (Å²) >= 11 is 1.48. The molecule has 0 spiro atoms. The van der Waals surface area contributed by atoms with E-state index in [9.17, 15) is 14.4 Å². The van der Waals surface area contributed by atoms with Crippen molar-refractivity contribution in [3.63, 3.8) is 0 Å². The predicted molar refractivity (Wildman–Crippen MR) is 162 cm³/mol. The molecule has 0 aliphatic heterocycles. The lowest BCUT2D eigenvalue weighted by Crippen LogP contribution is -2.25. The zero-order valence-corrected chi connectivity index (χ0v) is 24.7. The number of carbonyl (C=O) groups excluding carboxylic acids is 2. The summed E-state index contributed by atoms with van der Waals surface area (Å²) in [6, 6.07) is 18.2. The predicted octanol–water partition coefficient (Wildman–Crippen LogP) is 7.44. The van der Waals surface area contributed by atoms with E-state index in [0.717, 1.165) is 57.1 Å². The normalized spacial score (nSPS) is 24.2. The van der Waals surface area contributed by atoms with Gasteiger partial charge >= 0.3 is 17.9 Å². The van der Waals surface area contributed by atoms with Crippen LogP contribution in [0.3, 0.4) is 0 Å². The maximum atomic E-state index is 13.0. The second kappa shape index (κ2) is 15.8. The first kappa shape index (κ1) is 30.9.